The predicted molar refractivity (Wildman–Crippen MR) is 118 cm³/mol. The summed E-state index contributed by atoms with van der Waals surface area (Å²) < 4.78 is 20.3. The van der Waals surface area contributed by atoms with Crippen molar-refractivity contribution in [3.05, 3.63) is 59.9 Å². The summed E-state index contributed by atoms with van der Waals surface area (Å²) in [4.78, 5) is 15.5. The Morgan fingerprint density at radius 3 is 2.48 bits per heavy atom. The highest BCUT2D eigenvalue weighted by Gasteiger charge is 2.48. The second-order valence-corrected chi connectivity index (χ2v) is 8.88. The number of benzene rings is 2. The molecule has 31 heavy (non-hydrogen) atoms. The van der Waals surface area contributed by atoms with E-state index in [1.54, 1.807) is 0 Å². The Labute approximate surface area is 182 Å². The van der Waals surface area contributed by atoms with E-state index in [0.717, 1.165) is 18.5 Å². The third-order valence-corrected chi connectivity index (χ3v) is 6.82. The van der Waals surface area contributed by atoms with E-state index in [-0.39, 0.29) is 23.5 Å². The number of nitrogens with zero attached hydrogens (tertiary/aromatic N) is 2. The second kappa shape index (κ2) is 8.48. The number of rotatable bonds is 7. The molecular weight excluding hydrogens is 397 g/mol. The van der Waals surface area contributed by atoms with E-state index in [2.05, 4.69) is 53.5 Å². The molecule has 2 aromatic rings. The van der Waals surface area contributed by atoms with Crippen molar-refractivity contribution in [2.75, 3.05) is 32.6 Å². The maximum absolute atomic E-state index is 14.4. The van der Waals surface area contributed by atoms with Crippen LogP contribution in [0.4, 0.5) is 10.1 Å². The first-order chi connectivity index (χ1) is 14.8. The number of anilines is 1. The van der Waals surface area contributed by atoms with Gasteiger partial charge in [0.05, 0.1) is 0 Å². The van der Waals surface area contributed by atoms with E-state index in [9.17, 15) is 9.18 Å². The zero-order valence-electron chi connectivity index (χ0n) is 18.2. The number of carbonyl (C=O) groups is 1. The molecule has 2 atom stereocenters. The van der Waals surface area contributed by atoms with Crippen LogP contribution in [0, 0.1) is 5.82 Å². The van der Waals surface area contributed by atoms with E-state index < -0.39 is 12.0 Å². The van der Waals surface area contributed by atoms with Crippen molar-refractivity contribution >= 4 is 11.7 Å². The topological polar surface area (TPSA) is 65.0 Å². The minimum absolute atomic E-state index is 0.0196. The first kappa shape index (κ1) is 21.6. The Morgan fingerprint density at radius 2 is 1.87 bits per heavy atom. The van der Waals surface area contributed by atoms with Crippen LogP contribution in [0.1, 0.15) is 24.8 Å². The Morgan fingerprint density at radius 1 is 1.16 bits per heavy atom. The van der Waals surface area contributed by atoms with Crippen LogP contribution >= 0.6 is 0 Å². The molecule has 2 aliphatic rings. The number of ether oxygens (including phenoxy) is 1. The smallest absolute Gasteiger partial charge is 0.320 e. The summed E-state index contributed by atoms with van der Waals surface area (Å²) in [7, 11) is 6.21. The lowest BCUT2D eigenvalue weighted by Crippen LogP contribution is -2.59. The van der Waals surface area contributed by atoms with Gasteiger partial charge >= 0.3 is 5.97 Å². The molecule has 166 valence electrons. The highest BCUT2D eigenvalue weighted by atomic mass is 19.1. The van der Waals surface area contributed by atoms with Crippen LogP contribution in [0.5, 0.6) is 5.75 Å². The van der Waals surface area contributed by atoms with Crippen molar-refractivity contribution in [2.24, 2.45) is 0 Å². The van der Waals surface area contributed by atoms with E-state index >= 15 is 0 Å². The molecule has 0 bridgehead atoms. The number of carboxylic acid groups (broad SMARTS) is 1. The minimum atomic E-state index is -0.890. The number of nitrogens with one attached hydrogen (secondary N) is 1. The van der Waals surface area contributed by atoms with Crippen LogP contribution in [0.3, 0.4) is 0 Å². The van der Waals surface area contributed by atoms with Gasteiger partial charge in [-0.3, -0.25) is 9.69 Å². The minimum Gasteiger partial charge on any atom is -0.489 e. The molecule has 0 unspecified atom stereocenters. The van der Waals surface area contributed by atoms with Gasteiger partial charge in [0, 0.05) is 49.4 Å². The molecule has 1 aliphatic heterocycles. The summed E-state index contributed by atoms with van der Waals surface area (Å²) >= 11 is 0. The lowest BCUT2D eigenvalue weighted by Gasteiger charge is -2.55. The molecule has 2 fully saturated rings. The van der Waals surface area contributed by atoms with E-state index in [0.29, 0.717) is 18.7 Å². The summed E-state index contributed by atoms with van der Waals surface area (Å²) in [6, 6.07) is 14.9. The summed E-state index contributed by atoms with van der Waals surface area (Å²) in [6.45, 7) is 0.434. The van der Waals surface area contributed by atoms with Gasteiger partial charge in [-0.1, -0.05) is 30.3 Å². The molecule has 2 N–H and O–H groups in total. The van der Waals surface area contributed by atoms with Gasteiger partial charge in [0.15, 0.2) is 0 Å². The molecule has 0 spiro atoms. The van der Waals surface area contributed by atoms with Crippen molar-refractivity contribution in [2.45, 2.75) is 43.0 Å². The molecule has 1 saturated carbocycles. The predicted octanol–water partition coefficient (Wildman–Crippen LogP) is 3.08. The zero-order chi connectivity index (χ0) is 22.2. The molecule has 6 nitrogen and oxygen atoms in total. The first-order valence-corrected chi connectivity index (χ1v) is 10.7. The van der Waals surface area contributed by atoms with E-state index in [4.69, 9.17) is 9.84 Å². The fourth-order valence-electron chi connectivity index (χ4n) is 4.81. The largest absolute Gasteiger partial charge is 0.489 e. The summed E-state index contributed by atoms with van der Waals surface area (Å²) in [5, 5.41) is 12.0. The van der Waals surface area contributed by atoms with E-state index in [1.165, 1.54) is 17.7 Å². The average Bonchev–Trinajstić information content (AvgIpc) is 3.16. The first-order valence-electron chi connectivity index (χ1n) is 10.7. The SMILES string of the molecule is CN(c1cc(F)cc(O[C@@H]2CN[C@H](C(=O)O)C2)c1)C1CC(c2ccccc2)(N(C)C)C1. The molecule has 1 saturated heterocycles. The van der Waals surface area contributed by atoms with Crippen LogP contribution in [0.15, 0.2) is 48.5 Å². The number of halogens is 1. The zero-order valence-corrected chi connectivity index (χ0v) is 18.2. The van der Waals surface area contributed by atoms with Gasteiger partial charge in [0.1, 0.15) is 23.7 Å². The molecule has 2 aromatic carbocycles. The molecule has 7 heteroatoms. The van der Waals surface area contributed by atoms with Gasteiger partial charge in [0.25, 0.3) is 0 Å². The molecule has 4 rings (SSSR count). The van der Waals surface area contributed by atoms with Crippen molar-refractivity contribution in [3.63, 3.8) is 0 Å². The average molecular weight is 428 g/mol. The lowest BCUT2D eigenvalue weighted by atomic mass is 9.67. The van der Waals surface area contributed by atoms with Gasteiger partial charge in [0.2, 0.25) is 0 Å². The molecule has 1 aliphatic carbocycles. The van der Waals surface area contributed by atoms with Crippen LogP contribution < -0.4 is 15.0 Å². The Kier molecular flexibility index (Phi) is 5.90. The molecule has 1 heterocycles. The molecular formula is C24H30FN3O3. The maximum atomic E-state index is 14.4. The Hall–Kier alpha value is -2.64. The summed E-state index contributed by atoms with van der Waals surface area (Å²) in [6.07, 6.45) is 1.96. The third kappa shape index (κ3) is 4.25. The lowest BCUT2D eigenvalue weighted by molar-refractivity contribution is -0.139. The Bertz CT molecular complexity index is 931. The van der Waals surface area contributed by atoms with Crippen LogP contribution in [-0.4, -0.2) is 61.9 Å². The molecule has 0 amide bonds. The van der Waals surface area contributed by atoms with Crippen molar-refractivity contribution < 1.29 is 19.0 Å². The highest BCUT2D eigenvalue weighted by molar-refractivity contribution is 5.74. The van der Waals surface area contributed by atoms with Gasteiger partial charge in [-0.15, -0.1) is 0 Å². The fraction of sp³-hybridized carbons (Fsp3) is 0.458. The summed E-state index contributed by atoms with van der Waals surface area (Å²) in [5.41, 5.74) is 2.05. The van der Waals surface area contributed by atoms with Crippen molar-refractivity contribution in [1.82, 2.24) is 10.2 Å². The van der Waals surface area contributed by atoms with Crippen LogP contribution in [0.25, 0.3) is 0 Å². The summed E-state index contributed by atoms with van der Waals surface area (Å²) in [5.74, 6) is -0.819. The second-order valence-electron chi connectivity index (χ2n) is 8.88. The van der Waals surface area contributed by atoms with Crippen LogP contribution in [0.2, 0.25) is 0 Å². The normalized spacial score (nSPS) is 27.7. The van der Waals surface area contributed by atoms with Gasteiger partial charge in [-0.2, -0.15) is 0 Å². The maximum Gasteiger partial charge on any atom is 0.320 e. The molecule has 0 aromatic heterocycles. The van der Waals surface area contributed by atoms with Crippen molar-refractivity contribution in [3.8, 4) is 5.75 Å². The number of aliphatic carboxylic acids is 1. The van der Waals surface area contributed by atoms with Crippen LogP contribution in [-0.2, 0) is 10.3 Å². The van der Waals surface area contributed by atoms with Gasteiger partial charge in [-0.05, 0) is 38.6 Å². The third-order valence-electron chi connectivity index (χ3n) is 6.82. The number of hydrogen-bond donors (Lipinski definition) is 2. The quantitative estimate of drug-likeness (QED) is 0.708. The number of hydrogen-bond acceptors (Lipinski definition) is 5. The van der Waals surface area contributed by atoms with Gasteiger partial charge in [-0.25, -0.2) is 4.39 Å². The number of carboxylic acids is 1. The Balaban J connectivity index is 1.46. The fourth-order valence-corrected chi connectivity index (χ4v) is 4.81. The highest BCUT2D eigenvalue weighted by Crippen LogP contribution is 2.48. The monoisotopic (exact) mass is 427 g/mol. The van der Waals surface area contributed by atoms with Gasteiger partial charge < -0.3 is 20.1 Å². The van der Waals surface area contributed by atoms with Crippen molar-refractivity contribution in [1.29, 1.82) is 0 Å². The standard InChI is InChI=1S/C24H30FN3O3/c1-27(2)24(16-7-5-4-6-8-16)13-19(14-24)28(3)18-9-17(25)10-20(11-18)31-21-12-22(23(29)30)26-15-21/h4-11,19,21-22,26H,12-15H2,1-3H3,(H,29,30)/t19?,21-,22-,24?/m0/s1. The molecule has 0 radical (unpaired) electrons. The van der Waals surface area contributed by atoms with E-state index in [1.807, 2.05) is 19.2 Å².